The number of carbonyl (C=O) groups is 1. The van der Waals surface area contributed by atoms with Crippen LogP contribution in [-0.2, 0) is 0 Å². The van der Waals surface area contributed by atoms with Crippen molar-refractivity contribution in [1.82, 2.24) is 20.4 Å². The molecule has 1 amide bonds. The third kappa shape index (κ3) is 3.27. The molecule has 0 aliphatic carbocycles. The van der Waals surface area contributed by atoms with Crippen LogP contribution in [0.15, 0.2) is 30.5 Å². The van der Waals surface area contributed by atoms with Crippen LogP contribution >= 0.6 is 0 Å². The van der Waals surface area contributed by atoms with Gasteiger partial charge >= 0.3 is 0 Å². The molecule has 0 unspecified atom stereocenters. The van der Waals surface area contributed by atoms with Crippen LogP contribution in [-0.4, -0.2) is 35.3 Å². The number of halogens is 1. The lowest BCUT2D eigenvalue weighted by Gasteiger charge is -2.27. The third-order valence-corrected chi connectivity index (χ3v) is 4.09. The maximum absolute atomic E-state index is 13.1. The Bertz CT molecular complexity index is 689. The summed E-state index contributed by atoms with van der Waals surface area (Å²) < 4.78 is 14.8. The summed E-state index contributed by atoms with van der Waals surface area (Å²) in [6, 6.07) is 6.11. The van der Waals surface area contributed by atoms with E-state index in [1.807, 2.05) is 13.8 Å². The molecule has 122 valence electrons. The topological polar surface area (TPSA) is 59.0 Å². The van der Waals surface area contributed by atoms with Gasteiger partial charge in [-0.25, -0.2) is 9.07 Å². The smallest absolute Gasteiger partial charge is 0.254 e. The Kier molecular flexibility index (Phi) is 4.43. The molecule has 2 N–H and O–H groups in total. The van der Waals surface area contributed by atoms with Crippen LogP contribution in [0.3, 0.4) is 0 Å². The average Bonchev–Trinajstić information content (AvgIpc) is 2.91. The van der Waals surface area contributed by atoms with Gasteiger partial charge in [0.15, 0.2) is 0 Å². The van der Waals surface area contributed by atoms with Crippen molar-refractivity contribution in [2.45, 2.75) is 19.8 Å². The Morgan fingerprint density at radius 2 is 2.09 bits per heavy atom. The third-order valence-electron chi connectivity index (χ3n) is 4.09. The SMILES string of the molecule is CC(C)c1c(C(=O)NCC2CNC2)cnn1-c1ccc(F)cc1. The van der Waals surface area contributed by atoms with Crippen molar-refractivity contribution in [2.24, 2.45) is 5.92 Å². The minimum absolute atomic E-state index is 0.103. The molecular formula is C17H21FN4O. The first-order valence-electron chi connectivity index (χ1n) is 7.89. The van der Waals surface area contributed by atoms with Gasteiger partial charge in [-0.1, -0.05) is 13.8 Å². The van der Waals surface area contributed by atoms with E-state index < -0.39 is 0 Å². The first-order valence-corrected chi connectivity index (χ1v) is 7.89. The fraction of sp³-hybridized carbons (Fsp3) is 0.412. The number of benzene rings is 1. The Morgan fingerprint density at radius 3 is 2.65 bits per heavy atom. The molecule has 0 saturated carbocycles. The number of nitrogens with zero attached hydrogens (tertiary/aromatic N) is 2. The van der Waals surface area contributed by atoms with E-state index in [9.17, 15) is 9.18 Å². The lowest BCUT2D eigenvalue weighted by molar-refractivity contribution is 0.0941. The fourth-order valence-electron chi connectivity index (χ4n) is 2.70. The number of nitrogens with one attached hydrogen (secondary N) is 2. The summed E-state index contributed by atoms with van der Waals surface area (Å²) in [4.78, 5) is 12.5. The van der Waals surface area contributed by atoms with Crippen LogP contribution in [0.1, 0.15) is 35.8 Å². The normalized spacial score (nSPS) is 14.8. The molecule has 1 aliphatic rings. The van der Waals surface area contributed by atoms with Crippen LogP contribution in [0.4, 0.5) is 4.39 Å². The molecule has 6 heteroatoms. The Labute approximate surface area is 134 Å². The molecule has 0 bridgehead atoms. The highest BCUT2D eigenvalue weighted by Crippen LogP contribution is 2.23. The summed E-state index contributed by atoms with van der Waals surface area (Å²) in [5.41, 5.74) is 2.16. The minimum Gasteiger partial charge on any atom is -0.352 e. The summed E-state index contributed by atoms with van der Waals surface area (Å²) in [7, 11) is 0. The molecule has 2 aromatic rings. The van der Waals surface area contributed by atoms with E-state index >= 15 is 0 Å². The van der Waals surface area contributed by atoms with E-state index in [0.717, 1.165) is 24.5 Å². The van der Waals surface area contributed by atoms with E-state index in [-0.39, 0.29) is 17.6 Å². The van der Waals surface area contributed by atoms with Crippen molar-refractivity contribution in [3.05, 3.63) is 47.5 Å². The largest absolute Gasteiger partial charge is 0.352 e. The Balaban J connectivity index is 1.85. The van der Waals surface area contributed by atoms with Gasteiger partial charge in [-0.05, 0) is 30.2 Å². The van der Waals surface area contributed by atoms with Gasteiger partial charge in [0.25, 0.3) is 5.91 Å². The van der Waals surface area contributed by atoms with Crippen LogP contribution < -0.4 is 10.6 Å². The van der Waals surface area contributed by atoms with Gasteiger partial charge in [-0.15, -0.1) is 0 Å². The molecule has 1 aliphatic heterocycles. The van der Waals surface area contributed by atoms with Crippen molar-refractivity contribution < 1.29 is 9.18 Å². The summed E-state index contributed by atoms with van der Waals surface area (Å²) in [5.74, 6) is 0.232. The van der Waals surface area contributed by atoms with Crippen molar-refractivity contribution >= 4 is 5.91 Å². The molecule has 0 atom stereocenters. The second kappa shape index (κ2) is 6.50. The summed E-state index contributed by atoms with van der Waals surface area (Å²) >= 11 is 0. The average molecular weight is 316 g/mol. The quantitative estimate of drug-likeness (QED) is 0.888. The fourth-order valence-corrected chi connectivity index (χ4v) is 2.70. The van der Waals surface area contributed by atoms with E-state index in [4.69, 9.17) is 0 Å². The van der Waals surface area contributed by atoms with Crippen LogP contribution in [0.25, 0.3) is 5.69 Å². The monoisotopic (exact) mass is 316 g/mol. The Morgan fingerprint density at radius 1 is 1.39 bits per heavy atom. The van der Waals surface area contributed by atoms with E-state index in [1.165, 1.54) is 12.1 Å². The molecule has 0 radical (unpaired) electrons. The highest BCUT2D eigenvalue weighted by molar-refractivity contribution is 5.95. The molecule has 2 heterocycles. The minimum atomic E-state index is -0.293. The molecule has 3 rings (SSSR count). The first-order chi connectivity index (χ1) is 11.1. The standard InChI is InChI=1S/C17H21FN4O/c1-11(2)16-15(17(23)20-9-12-7-19-8-12)10-21-22(16)14-5-3-13(18)4-6-14/h3-6,10-12,19H,7-9H2,1-2H3,(H,20,23). The maximum Gasteiger partial charge on any atom is 0.254 e. The lowest BCUT2D eigenvalue weighted by atomic mass is 10.0. The number of carbonyl (C=O) groups excluding carboxylic acids is 1. The van der Waals surface area contributed by atoms with Gasteiger partial charge in [0.05, 0.1) is 23.1 Å². The highest BCUT2D eigenvalue weighted by Gasteiger charge is 2.23. The van der Waals surface area contributed by atoms with Crippen LogP contribution in [0, 0.1) is 11.7 Å². The zero-order valence-electron chi connectivity index (χ0n) is 13.3. The predicted octanol–water partition coefficient (Wildman–Crippen LogP) is 2.08. The molecule has 1 fully saturated rings. The zero-order chi connectivity index (χ0) is 16.4. The summed E-state index contributed by atoms with van der Waals surface area (Å²) in [5, 5.41) is 10.5. The summed E-state index contributed by atoms with van der Waals surface area (Å²) in [6.45, 7) is 6.61. The number of hydrogen-bond donors (Lipinski definition) is 2. The second-order valence-electron chi connectivity index (χ2n) is 6.22. The second-order valence-corrected chi connectivity index (χ2v) is 6.22. The summed E-state index contributed by atoms with van der Waals surface area (Å²) in [6.07, 6.45) is 1.59. The van der Waals surface area contributed by atoms with Gasteiger partial charge in [-0.2, -0.15) is 5.10 Å². The van der Waals surface area contributed by atoms with Crippen molar-refractivity contribution in [2.75, 3.05) is 19.6 Å². The predicted molar refractivity (Wildman–Crippen MR) is 86.3 cm³/mol. The van der Waals surface area contributed by atoms with Crippen LogP contribution in [0.2, 0.25) is 0 Å². The number of hydrogen-bond acceptors (Lipinski definition) is 3. The van der Waals surface area contributed by atoms with Gasteiger partial charge < -0.3 is 10.6 Å². The van der Waals surface area contributed by atoms with Crippen molar-refractivity contribution in [1.29, 1.82) is 0 Å². The van der Waals surface area contributed by atoms with Crippen LogP contribution in [0.5, 0.6) is 0 Å². The van der Waals surface area contributed by atoms with Gasteiger partial charge in [0, 0.05) is 25.6 Å². The van der Waals surface area contributed by atoms with E-state index in [2.05, 4.69) is 15.7 Å². The van der Waals surface area contributed by atoms with Crippen molar-refractivity contribution in [3.63, 3.8) is 0 Å². The molecule has 1 saturated heterocycles. The van der Waals surface area contributed by atoms with E-state index in [0.29, 0.717) is 18.0 Å². The number of amides is 1. The molecule has 5 nitrogen and oxygen atoms in total. The first kappa shape index (κ1) is 15.7. The number of aromatic nitrogens is 2. The van der Waals surface area contributed by atoms with Gasteiger partial charge in [-0.3, -0.25) is 4.79 Å². The molecule has 1 aromatic heterocycles. The maximum atomic E-state index is 13.1. The lowest BCUT2D eigenvalue weighted by Crippen LogP contribution is -2.48. The van der Waals surface area contributed by atoms with E-state index in [1.54, 1.807) is 23.0 Å². The molecule has 0 spiro atoms. The number of rotatable bonds is 5. The molecule has 1 aromatic carbocycles. The highest BCUT2D eigenvalue weighted by atomic mass is 19.1. The van der Waals surface area contributed by atoms with Crippen molar-refractivity contribution in [3.8, 4) is 5.69 Å². The molecule has 23 heavy (non-hydrogen) atoms. The van der Waals surface area contributed by atoms with Gasteiger partial charge in [0.2, 0.25) is 0 Å². The zero-order valence-corrected chi connectivity index (χ0v) is 13.3. The Hall–Kier alpha value is -2.21. The van der Waals surface area contributed by atoms with Gasteiger partial charge in [0.1, 0.15) is 5.82 Å². The molecular weight excluding hydrogens is 295 g/mol.